The summed E-state index contributed by atoms with van der Waals surface area (Å²) in [5, 5.41) is 12.1. The van der Waals surface area contributed by atoms with Gasteiger partial charge in [-0.25, -0.2) is 9.59 Å². The van der Waals surface area contributed by atoms with E-state index >= 15 is 0 Å². The summed E-state index contributed by atoms with van der Waals surface area (Å²) in [5.41, 5.74) is 6.68. The van der Waals surface area contributed by atoms with Crippen molar-refractivity contribution in [3.05, 3.63) is 89.7 Å². The lowest BCUT2D eigenvalue weighted by Crippen LogP contribution is -2.42. The quantitative estimate of drug-likeness (QED) is 0.430. The van der Waals surface area contributed by atoms with E-state index < -0.39 is 18.1 Å². The molecule has 2 heterocycles. The molecule has 0 saturated carbocycles. The van der Waals surface area contributed by atoms with Crippen LogP contribution >= 0.6 is 0 Å². The topological polar surface area (TPSA) is 104 Å². The Hall–Kier alpha value is -4.13. The number of hydrogen-bond acceptors (Lipinski definition) is 4. The molecule has 0 aliphatic heterocycles. The van der Waals surface area contributed by atoms with Crippen molar-refractivity contribution >= 4 is 23.1 Å². The van der Waals surface area contributed by atoms with Crippen LogP contribution in [0.15, 0.2) is 73.1 Å². The fourth-order valence-electron chi connectivity index (χ4n) is 4.37. The van der Waals surface area contributed by atoms with Gasteiger partial charge in [0.25, 0.3) is 0 Å². The summed E-state index contributed by atoms with van der Waals surface area (Å²) in [4.78, 5) is 31.7. The van der Waals surface area contributed by atoms with Gasteiger partial charge in [0.2, 0.25) is 0 Å². The van der Waals surface area contributed by atoms with Crippen molar-refractivity contribution in [2.24, 2.45) is 0 Å². The van der Waals surface area contributed by atoms with Crippen molar-refractivity contribution in [2.75, 3.05) is 6.61 Å². The fraction of sp³-hybridized carbons (Fsp3) is 0.160. The van der Waals surface area contributed by atoms with Gasteiger partial charge in [-0.3, -0.25) is 4.98 Å². The number of rotatable bonds is 6. The number of nitrogens with one attached hydrogen (secondary N) is 2. The number of fused-ring (bicyclic) bond motifs is 4. The van der Waals surface area contributed by atoms with E-state index in [0.717, 1.165) is 27.8 Å². The average Bonchev–Trinajstić information content (AvgIpc) is 3.36. The van der Waals surface area contributed by atoms with Crippen molar-refractivity contribution in [2.45, 2.75) is 18.4 Å². The minimum atomic E-state index is -1.14. The van der Waals surface area contributed by atoms with Gasteiger partial charge in [0.05, 0.1) is 11.0 Å². The number of ether oxygens (including phenoxy) is 1. The zero-order valence-corrected chi connectivity index (χ0v) is 17.1. The number of aromatic amines is 1. The van der Waals surface area contributed by atoms with E-state index in [2.05, 4.69) is 27.4 Å². The van der Waals surface area contributed by atoms with Crippen LogP contribution in [0.25, 0.3) is 22.2 Å². The Kier molecular flexibility index (Phi) is 5.07. The first-order valence-corrected chi connectivity index (χ1v) is 10.4. The number of nitrogens with zero attached hydrogens (tertiary/aromatic N) is 1. The minimum absolute atomic E-state index is 0.0887. The third-order valence-electron chi connectivity index (χ3n) is 5.87. The minimum Gasteiger partial charge on any atom is -0.480 e. The molecule has 0 bridgehead atoms. The maximum atomic E-state index is 12.5. The molecule has 5 rings (SSSR count). The molecule has 0 saturated heterocycles. The van der Waals surface area contributed by atoms with E-state index in [1.165, 1.54) is 0 Å². The van der Waals surface area contributed by atoms with Gasteiger partial charge in [0.1, 0.15) is 12.6 Å². The molecule has 7 heteroatoms. The summed E-state index contributed by atoms with van der Waals surface area (Å²) in [7, 11) is 0. The molecule has 2 aromatic heterocycles. The van der Waals surface area contributed by atoms with Crippen LogP contribution in [-0.2, 0) is 16.0 Å². The van der Waals surface area contributed by atoms with Crippen LogP contribution in [0.3, 0.4) is 0 Å². The molecule has 0 radical (unpaired) electrons. The van der Waals surface area contributed by atoms with E-state index in [1.54, 1.807) is 18.5 Å². The SMILES string of the molecule is O=C(NC(Cc1c[nH]c2cccnc12)C(=O)O)OCC1c2ccccc2-c2ccccc21. The molecule has 32 heavy (non-hydrogen) atoms. The third kappa shape index (κ3) is 3.58. The number of carboxylic acid groups (broad SMARTS) is 1. The Morgan fingerprint density at radius 1 is 1.03 bits per heavy atom. The Bertz CT molecular complexity index is 1270. The molecule has 160 valence electrons. The van der Waals surface area contributed by atoms with E-state index in [0.29, 0.717) is 11.1 Å². The van der Waals surface area contributed by atoms with Crippen LogP contribution in [-0.4, -0.2) is 39.8 Å². The van der Waals surface area contributed by atoms with Crippen LogP contribution in [0.1, 0.15) is 22.6 Å². The normalized spacial score (nSPS) is 13.4. The highest BCUT2D eigenvalue weighted by Gasteiger charge is 2.30. The molecule has 1 atom stereocenters. The highest BCUT2D eigenvalue weighted by atomic mass is 16.5. The van der Waals surface area contributed by atoms with E-state index in [9.17, 15) is 14.7 Å². The number of hydrogen-bond donors (Lipinski definition) is 3. The van der Waals surface area contributed by atoms with Crippen molar-refractivity contribution in [1.82, 2.24) is 15.3 Å². The number of alkyl carbamates (subject to hydrolysis) is 1. The second-order valence-electron chi connectivity index (χ2n) is 7.78. The van der Waals surface area contributed by atoms with Crippen molar-refractivity contribution in [1.29, 1.82) is 0 Å². The van der Waals surface area contributed by atoms with Crippen LogP contribution in [0, 0.1) is 0 Å². The maximum absolute atomic E-state index is 12.5. The smallest absolute Gasteiger partial charge is 0.407 e. The molecule has 4 aromatic rings. The van der Waals surface area contributed by atoms with Crippen LogP contribution in [0.5, 0.6) is 0 Å². The fourth-order valence-corrected chi connectivity index (χ4v) is 4.37. The molecule has 0 spiro atoms. The molecule has 7 nitrogen and oxygen atoms in total. The van der Waals surface area contributed by atoms with Crippen molar-refractivity contribution < 1.29 is 19.4 Å². The van der Waals surface area contributed by atoms with Gasteiger partial charge in [0.15, 0.2) is 0 Å². The molecular formula is C25H21N3O4. The number of carboxylic acids is 1. The predicted molar refractivity (Wildman–Crippen MR) is 119 cm³/mol. The summed E-state index contributed by atoms with van der Waals surface area (Å²) in [6.07, 6.45) is 2.70. The molecule has 1 aliphatic rings. The maximum Gasteiger partial charge on any atom is 0.407 e. The number of pyridine rings is 1. The first kappa shape index (κ1) is 19.8. The molecular weight excluding hydrogens is 406 g/mol. The summed E-state index contributed by atoms with van der Waals surface area (Å²) in [6, 6.07) is 18.6. The van der Waals surface area contributed by atoms with Gasteiger partial charge in [-0.05, 0) is 39.9 Å². The third-order valence-corrected chi connectivity index (χ3v) is 5.87. The Labute approximate surface area is 184 Å². The Balaban J connectivity index is 1.28. The van der Waals surface area contributed by atoms with Crippen LogP contribution in [0.4, 0.5) is 4.79 Å². The lowest BCUT2D eigenvalue weighted by molar-refractivity contribution is -0.139. The second-order valence-corrected chi connectivity index (χ2v) is 7.78. The summed E-state index contributed by atoms with van der Waals surface area (Å²) < 4.78 is 5.49. The Morgan fingerprint density at radius 3 is 2.41 bits per heavy atom. The van der Waals surface area contributed by atoms with Gasteiger partial charge in [-0.2, -0.15) is 0 Å². The molecule has 3 N–H and O–H groups in total. The molecule has 1 unspecified atom stereocenters. The monoisotopic (exact) mass is 427 g/mol. The van der Waals surface area contributed by atoms with E-state index in [-0.39, 0.29) is 18.9 Å². The van der Waals surface area contributed by atoms with Crippen LogP contribution in [0.2, 0.25) is 0 Å². The van der Waals surface area contributed by atoms with Gasteiger partial charge < -0.3 is 20.1 Å². The standard InChI is InChI=1S/C25H21N3O4/c29-24(30)22(12-15-13-27-21-10-5-11-26-23(15)21)28-25(31)32-14-20-18-8-3-1-6-16(18)17-7-2-4-9-19(17)20/h1-11,13,20,22,27H,12,14H2,(H,28,31)(H,29,30). The van der Waals surface area contributed by atoms with Crippen molar-refractivity contribution in [3.63, 3.8) is 0 Å². The molecule has 2 aromatic carbocycles. The lowest BCUT2D eigenvalue weighted by atomic mass is 9.98. The number of aromatic nitrogens is 2. The van der Waals surface area contributed by atoms with Crippen LogP contribution < -0.4 is 5.32 Å². The molecule has 1 aliphatic carbocycles. The summed E-state index contributed by atoms with van der Waals surface area (Å²) in [6.45, 7) is 0.126. The number of H-pyrrole nitrogens is 1. The number of carbonyl (C=O) groups is 2. The largest absolute Gasteiger partial charge is 0.480 e. The number of amides is 1. The van der Waals surface area contributed by atoms with Gasteiger partial charge >= 0.3 is 12.1 Å². The highest BCUT2D eigenvalue weighted by molar-refractivity contribution is 5.83. The number of benzene rings is 2. The first-order valence-electron chi connectivity index (χ1n) is 10.4. The van der Waals surface area contributed by atoms with E-state index in [1.807, 2.05) is 42.5 Å². The zero-order valence-electron chi connectivity index (χ0n) is 17.1. The van der Waals surface area contributed by atoms with Gasteiger partial charge in [-0.15, -0.1) is 0 Å². The number of aliphatic carboxylic acids is 1. The van der Waals surface area contributed by atoms with Gasteiger partial charge in [-0.1, -0.05) is 48.5 Å². The highest BCUT2D eigenvalue weighted by Crippen LogP contribution is 2.44. The number of carbonyl (C=O) groups excluding carboxylic acids is 1. The average molecular weight is 427 g/mol. The lowest BCUT2D eigenvalue weighted by Gasteiger charge is -2.17. The second kappa shape index (κ2) is 8.19. The van der Waals surface area contributed by atoms with Crippen molar-refractivity contribution in [3.8, 4) is 11.1 Å². The van der Waals surface area contributed by atoms with Gasteiger partial charge in [0, 0.05) is 24.7 Å². The molecule has 1 amide bonds. The van der Waals surface area contributed by atoms with E-state index in [4.69, 9.17) is 4.74 Å². The predicted octanol–water partition coefficient (Wildman–Crippen LogP) is 4.10. The molecule has 0 fully saturated rings. The first-order chi connectivity index (χ1) is 15.6. The Morgan fingerprint density at radius 2 is 1.72 bits per heavy atom. The zero-order chi connectivity index (χ0) is 22.1. The summed E-state index contributed by atoms with van der Waals surface area (Å²) >= 11 is 0. The summed E-state index contributed by atoms with van der Waals surface area (Å²) in [5.74, 6) is -1.22.